The van der Waals surface area contributed by atoms with Gasteiger partial charge in [0.25, 0.3) is 0 Å². The first kappa shape index (κ1) is 15.3. The summed E-state index contributed by atoms with van der Waals surface area (Å²) in [5, 5.41) is 13.6. The highest BCUT2D eigenvalue weighted by molar-refractivity contribution is 5.74. The van der Waals surface area contributed by atoms with E-state index in [1.165, 1.54) is 12.8 Å². The molecule has 1 saturated carbocycles. The van der Waals surface area contributed by atoms with E-state index in [4.69, 9.17) is 0 Å². The van der Waals surface area contributed by atoms with Crippen LogP contribution in [-0.2, 0) is 0 Å². The molecule has 1 heterocycles. The number of likely N-dealkylation sites (tertiary alicyclic amines) is 1. The van der Waals surface area contributed by atoms with Crippen molar-refractivity contribution in [3.05, 3.63) is 35.9 Å². The first-order chi connectivity index (χ1) is 10.7. The topological polar surface area (TPSA) is 52.6 Å². The van der Waals surface area contributed by atoms with Crippen molar-refractivity contribution in [2.45, 2.75) is 50.7 Å². The molecule has 1 saturated heterocycles. The molecule has 0 bridgehead atoms. The minimum atomic E-state index is -0.416. The largest absolute Gasteiger partial charge is 0.388 e. The van der Waals surface area contributed by atoms with Gasteiger partial charge in [-0.3, -0.25) is 0 Å². The lowest BCUT2D eigenvalue weighted by molar-refractivity contribution is 0.0661. The van der Waals surface area contributed by atoms with Crippen LogP contribution in [0.25, 0.3) is 0 Å². The van der Waals surface area contributed by atoms with Crippen molar-refractivity contribution >= 4 is 6.03 Å². The first-order valence-corrected chi connectivity index (χ1v) is 8.52. The van der Waals surface area contributed by atoms with Crippen molar-refractivity contribution in [3.63, 3.8) is 0 Å². The third-order valence-corrected chi connectivity index (χ3v) is 5.10. The Labute approximate surface area is 132 Å². The number of carbonyl (C=O) groups excluding carboxylic acids is 1. The second-order valence-electron chi connectivity index (χ2n) is 6.61. The van der Waals surface area contributed by atoms with Gasteiger partial charge in [0.2, 0.25) is 0 Å². The second-order valence-corrected chi connectivity index (χ2v) is 6.61. The van der Waals surface area contributed by atoms with E-state index in [0.29, 0.717) is 6.04 Å². The molecule has 4 heteroatoms. The summed E-state index contributed by atoms with van der Waals surface area (Å²) >= 11 is 0. The van der Waals surface area contributed by atoms with Gasteiger partial charge in [-0.1, -0.05) is 43.2 Å². The number of carbonyl (C=O) groups is 1. The number of benzene rings is 1. The van der Waals surface area contributed by atoms with Crippen LogP contribution in [0, 0.1) is 5.92 Å². The molecule has 1 atom stereocenters. The van der Waals surface area contributed by atoms with E-state index in [1.807, 2.05) is 35.2 Å². The summed E-state index contributed by atoms with van der Waals surface area (Å²) in [7, 11) is 0. The standard InChI is InChI=1S/C18H26N2O2/c21-17(14-6-2-1-3-7-14)15-10-12-20(13-11-15)18(22)19-16-8-4-5-9-16/h1-3,6-7,15-17,21H,4-5,8-13H2,(H,19,22)/t17-/m0/s1. The molecule has 2 aliphatic rings. The molecule has 1 aromatic carbocycles. The quantitative estimate of drug-likeness (QED) is 0.901. The predicted molar refractivity (Wildman–Crippen MR) is 86.5 cm³/mol. The lowest BCUT2D eigenvalue weighted by Crippen LogP contribution is -2.47. The van der Waals surface area contributed by atoms with Crippen LogP contribution in [0.5, 0.6) is 0 Å². The summed E-state index contributed by atoms with van der Waals surface area (Å²) in [5.74, 6) is 0.248. The van der Waals surface area contributed by atoms with Crippen LogP contribution in [0.15, 0.2) is 30.3 Å². The van der Waals surface area contributed by atoms with Gasteiger partial charge in [0, 0.05) is 19.1 Å². The number of nitrogens with one attached hydrogen (secondary N) is 1. The number of aliphatic hydroxyl groups is 1. The van der Waals surface area contributed by atoms with E-state index >= 15 is 0 Å². The van der Waals surface area contributed by atoms with Gasteiger partial charge in [0.15, 0.2) is 0 Å². The number of rotatable bonds is 3. The Hall–Kier alpha value is -1.55. The minimum absolute atomic E-state index is 0.0829. The first-order valence-electron chi connectivity index (χ1n) is 8.52. The van der Waals surface area contributed by atoms with Crippen LogP contribution < -0.4 is 5.32 Å². The number of amides is 2. The normalized spacial score (nSPS) is 21.8. The van der Waals surface area contributed by atoms with Gasteiger partial charge >= 0.3 is 6.03 Å². The Bertz CT molecular complexity index is 477. The Morgan fingerprint density at radius 2 is 1.73 bits per heavy atom. The van der Waals surface area contributed by atoms with Gasteiger partial charge in [0.1, 0.15) is 0 Å². The maximum Gasteiger partial charge on any atom is 0.317 e. The zero-order valence-electron chi connectivity index (χ0n) is 13.1. The van der Waals surface area contributed by atoms with Gasteiger partial charge < -0.3 is 15.3 Å². The molecule has 2 fully saturated rings. The monoisotopic (exact) mass is 302 g/mol. The highest BCUT2D eigenvalue weighted by Crippen LogP contribution is 2.30. The Morgan fingerprint density at radius 1 is 1.09 bits per heavy atom. The maximum absolute atomic E-state index is 12.3. The molecule has 2 N–H and O–H groups in total. The molecule has 120 valence electrons. The lowest BCUT2D eigenvalue weighted by Gasteiger charge is -2.35. The second kappa shape index (κ2) is 7.14. The van der Waals surface area contributed by atoms with Crippen LogP contribution >= 0.6 is 0 Å². The van der Waals surface area contributed by atoms with Gasteiger partial charge in [-0.25, -0.2) is 4.79 Å². The van der Waals surface area contributed by atoms with Crippen molar-refractivity contribution in [1.29, 1.82) is 0 Å². The summed E-state index contributed by atoms with van der Waals surface area (Å²) in [5.41, 5.74) is 0.983. The Balaban J connectivity index is 1.48. The molecular weight excluding hydrogens is 276 g/mol. The summed E-state index contributed by atoms with van der Waals surface area (Å²) in [6.07, 6.45) is 6.03. The highest BCUT2D eigenvalue weighted by atomic mass is 16.3. The van der Waals surface area contributed by atoms with Crippen LogP contribution in [0.4, 0.5) is 4.79 Å². The van der Waals surface area contributed by atoms with E-state index in [0.717, 1.165) is 44.3 Å². The molecule has 22 heavy (non-hydrogen) atoms. The fraction of sp³-hybridized carbons (Fsp3) is 0.611. The molecule has 1 aliphatic heterocycles. The summed E-state index contributed by atoms with van der Waals surface area (Å²) in [4.78, 5) is 14.2. The summed E-state index contributed by atoms with van der Waals surface area (Å²) < 4.78 is 0. The van der Waals surface area contributed by atoms with Crippen LogP contribution in [-0.4, -0.2) is 35.2 Å². The van der Waals surface area contributed by atoms with E-state index in [-0.39, 0.29) is 11.9 Å². The van der Waals surface area contributed by atoms with Gasteiger partial charge in [-0.2, -0.15) is 0 Å². The van der Waals surface area contributed by atoms with E-state index in [2.05, 4.69) is 5.32 Å². The summed E-state index contributed by atoms with van der Waals surface area (Å²) in [6, 6.07) is 10.3. The van der Waals surface area contributed by atoms with Crippen molar-refractivity contribution in [3.8, 4) is 0 Å². The van der Waals surface area contributed by atoms with Gasteiger partial charge in [-0.15, -0.1) is 0 Å². The van der Waals surface area contributed by atoms with Crippen LogP contribution in [0.1, 0.15) is 50.2 Å². The van der Waals surface area contributed by atoms with Crippen molar-refractivity contribution in [2.24, 2.45) is 5.92 Å². The molecule has 1 aromatic rings. The predicted octanol–water partition coefficient (Wildman–Crippen LogP) is 3.08. The van der Waals surface area contributed by atoms with E-state index in [1.54, 1.807) is 0 Å². The molecule has 2 amide bonds. The smallest absolute Gasteiger partial charge is 0.317 e. The van der Waals surface area contributed by atoms with Gasteiger partial charge in [0.05, 0.1) is 6.10 Å². The van der Waals surface area contributed by atoms with Crippen molar-refractivity contribution in [1.82, 2.24) is 10.2 Å². The zero-order chi connectivity index (χ0) is 15.4. The molecule has 1 aliphatic carbocycles. The molecular formula is C18H26N2O2. The minimum Gasteiger partial charge on any atom is -0.388 e. The average molecular weight is 302 g/mol. The zero-order valence-corrected chi connectivity index (χ0v) is 13.1. The molecule has 0 radical (unpaired) electrons. The number of urea groups is 1. The van der Waals surface area contributed by atoms with Gasteiger partial charge in [-0.05, 0) is 37.2 Å². The van der Waals surface area contributed by atoms with Crippen LogP contribution in [0.2, 0.25) is 0 Å². The SMILES string of the molecule is O=C(NC1CCCC1)N1CCC([C@@H](O)c2ccccc2)CC1. The highest BCUT2D eigenvalue weighted by Gasteiger charge is 2.29. The molecule has 0 aromatic heterocycles. The van der Waals surface area contributed by atoms with E-state index in [9.17, 15) is 9.90 Å². The number of hydrogen-bond acceptors (Lipinski definition) is 2. The van der Waals surface area contributed by atoms with Crippen molar-refractivity contribution < 1.29 is 9.90 Å². The third-order valence-electron chi connectivity index (χ3n) is 5.10. The average Bonchev–Trinajstić information content (AvgIpc) is 3.08. The molecule has 4 nitrogen and oxygen atoms in total. The van der Waals surface area contributed by atoms with Crippen LogP contribution in [0.3, 0.4) is 0 Å². The fourth-order valence-corrected chi connectivity index (χ4v) is 3.68. The number of nitrogens with zero attached hydrogens (tertiary/aromatic N) is 1. The third kappa shape index (κ3) is 3.61. The number of aliphatic hydroxyl groups excluding tert-OH is 1. The fourth-order valence-electron chi connectivity index (χ4n) is 3.68. The van der Waals surface area contributed by atoms with Crippen molar-refractivity contribution in [2.75, 3.05) is 13.1 Å². The molecule has 0 spiro atoms. The number of hydrogen-bond donors (Lipinski definition) is 2. The Kier molecular flexibility index (Phi) is 4.98. The summed E-state index contributed by atoms with van der Waals surface area (Å²) in [6.45, 7) is 1.49. The maximum atomic E-state index is 12.3. The number of piperidine rings is 1. The Morgan fingerprint density at radius 3 is 2.36 bits per heavy atom. The lowest BCUT2D eigenvalue weighted by atomic mass is 9.87. The van der Waals surface area contributed by atoms with E-state index < -0.39 is 6.10 Å². The molecule has 0 unspecified atom stereocenters. The molecule has 3 rings (SSSR count).